The average molecular weight is 360 g/mol. The third kappa shape index (κ3) is 3.24. The van der Waals surface area contributed by atoms with Gasteiger partial charge in [0.05, 0.1) is 0 Å². The van der Waals surface area contributed by atoms with E-state index in [2.05, 4.69) is 74.5 Å². The van der Waals surface area contributed by atoms with Crippen molar-refractivity contribution in [1.29, 1.82) is 0 Å². The molecule has 2 aliphatic rings. The summed E-state index contributed by atoms with van der Waals surface area (Å²) in [5.74, 6) is 0. The molecule has 1 saturated carbocycles. The van der Waals surface area contributed by atoms with Crippen molar-refractivity contribution in [1.82, 2.24) is 3.38 Å². The van der Waals surface area contributed by atoms with Crippen LogP contribution in [0.15, 0.2) is 53.1 Å². The van der Waals surface area contributed by atoms with Gasteiger partial charge >= 0.3 is 150 Å². The first kappa shape index (κ1) is 17.4. The van der Waals surface area contributed by atoms with Crippen LogP contribution in [0.3, 0.4) is 0 Å². The molecule has 1 aromatic carbocycles. The Morgan fingerprint density at radius 3 is 2.26 bits per heavy atom. The fourth-order valence-electron chi connectivity index (χ4n) is 4.09. The van der Waals surface area contributed by atoms with Crippen LogP contribution in [0.1, 0.15) is 47.0 Å². The maximum absolute atomic E-state index is 2.91. The molecule has 1 unspecified atom stereocenters. The molecule has 0 amide bonds. The third-order valence-corrected chi connectivity index (χ3v) is 20.7. The Bertz CT molecular complexity index is 632. The Hall–Kier alpha value is -0.409. The molecule has 0 bridgehead atoms. The van der Waals surface area contributed by atoms with E-state index in [4.69, 9.17) is 0 Å². The molecule has 0 N–H and O–H groups in total. The van der Waals surface area contributed by atoms with Gasteiger partial charge in [-0.3, -0.25) is 0 Å². The summed E-state index contributed by atoms with van der Waals surface area (Å²) >= 11 is -1.39. The second-order valence-corrected chi connectivity index (χ2v) is 17.3. The molecule has 0 spiro atoms. The molecule has 0 radical (unpaired) electrons. The summed E-state index contributed by atoms with van der Waals surface area (Å²) in [5, 5.41) is 1.67. The first-order chi connectivity index (χ1) is 10.9. The summed E-state index contributed by atoms with van der Waals surface area (Å²) in [5.41, 5.74) is 4.75. The molecule has 0 saturated heterocycles. The monoisotopic (exact) mass is 360 g/mol. The van der Waals surface area contributed by atoms with E-state index in [0.717, 1.165) is 6.04 Å². The van der Waals surface area contributed by atoms with Gasteiger partial charge in [0, 0.05) is 0 Å². The summed E-state index contributed by atoms with van der Waals surface area (Å²) in [6.45, 7) is 9.61. The normalized spacial score (nSPS) is 25.4. The van der Waals surface area contributed by atoms with Crippen molar-refractivity contribution >= 4 is 12.6 Å². The van der Waals surface area contributed by atoms with E-state index in [1.807, 2.05) is 0 Å². The molecule has 1 atom stereocenters. The zero-order chi connectivity index (χ0) is 16.6. The number of hydrogen-bond donors (Lipinski definition) is 0. The Morgan fingerprint density at radius 2 is 1.78 bits per heavy atom. The third-order valence-electron chi connectivity index (χ3n) is 6.30. The summed E-state index contributed by atoms with van der Waals surface area (Å²) in [7, 11) is 2.25. The zero-order valence-corrected chi connectivity index (χ0v) is 18.3. The molecule has 123 valence electrons. The fourth-order valence-corrected chi connectivity index (χ4v) is 17.8. The Labute approximate surface area is 150 Å². The summed E-state index contributed by atoms with van der Waals surface area (Å²) < 4.78 is 3.29. The van der Waals surface area contributed by atoms with Gasteiger partial charge < -0.3 is 0 Å². The zero-order valence-electron chi connectivity index (χ0n) is 15.3. The van der Waals surface area contributed by atoms with E-state index in [1.165, 1.54) is 24.8 Å². The Balaban J connectivity index is 1.95. The number of allylic oxidation sites excluding steroid dienone is 4. The first-order valence-corrected chi connectivity index (χ1v) is 15.1. The van der Waals surface area contributed by atoms with Gasteiger partial charge in [-0.25, -0.2) is 0 Å². The number of hydrogen-bond acceptors (Lipinski definition) is 1. The van der Waals surface area contributed by atoms with Gasteiger partial charge in [0.25, 0.3) is 0 Å². The van der Waals surface area contributed by atoms with Crippen molar-refractivity contribution < 1.29 is 17.4 Å². The molecule has 2 aliphatic carbocycles. The molecule has 1 aromatic rings. The van der Waals surface area contributed by atoms with Crippen LogP contribution in [0, 0.1) is 0 Å². The minimum atomic E-state index is -1.39. The van der Waals surface area contributed by atoms with Crippen LogP contribution >= 0.6 is 0 Å². The van der Waals surface area contributed by atoms with Crippen LogP contribution < -0.4 is 5.19 Å². The van der Waals surface area contributed by atoms with Gasteiger partial charge in [-0.05, 0) is 0 Å². The van der Waals surface area contributed by atoms with Crippen molar-refractivity contribution in [3.05, 3.63) is 53.1 Å². The van der Waals surface area contributed by atoms with E-state index in [-0.39, 0.29) is 7.39 Å². The van der Waals surface area contributed by atoms with E-state index in [0.29, 0.717) is 3.72 Å². The van der Waals surface area contributed by atoms with Crippen LogP contribution in [0.25, 0.3) is 0 Å². The summed E-state index contributed by atoms with van der Waals surface area (Å²) in [6.07, 6.45) is 6.93. The van der Waals surface area contributed by atoms with Crippen LogP contribution in [-0.2, 0) is 17.4 Å². The van der Waals surface area contributed by atoms with Gasteiger partial charge in [0.15, 0.2) is 0 Å². The molecule has 3 heteroatoms. The molecule has 23 heavy (non-hydrogen) atoms. The second-order valence-electron chi connectivity index (χ2n) is 7.58. The van der Waals surface area contributed by atoms with Crippen LogP contribution in [0.5, 0.6) is 0 Å². The molecule has 1 nitrogen and oxygen atoms in total. The van der Waals surface area contributed by atoms with E-state index >= 15 is 0 Å². The van der Waals surface area contributed by atoms with Crippen molar-refractivity contribution in [3.8, 4) is 0 Å². The van der Waals surface area contributed by atoms with Gasteiger partial charge in [-0.15, -0.1) is 0 Å². The Morgan fingerprint density at radius 1 is 1.13 bits per heavy atom. The molecular weight excluding hydrogens is 330 g/mol. The molecule has 0 aromatic heterocycles. The van der Waals surface area contributed by atoms with E-state index < -0.39 is 17.4 Å². The summed E-state index contributed by atoms with van der Waals surface area (Å²) in [6, 6.07) is 12.3. The van der Waals surface area contributed by atoms with Crippen LogP contribution in [0.4, 0.5) is 0 Å². The predicted octanol–water partition coefficient (Wildman–Crippen LogP) is 3.89. The molecular formula is C20H30NSiTi. The number of benzene rings is 1. The molecule has 1 fully saturated rings. The topological polar surface area (TPSA) is 3.24 Å². The first-order valence-electron chi connectivity index (χ1n) is 8.94. The predicted molar refractivity (Wildman–Crippen MR) is 101 cm³/mol. The van der Waals surface area contributed by atoms with Crippen LogP contribution in [0.2, 0.25) is 3.72 Å². The van der Waals surface area contributed by atoms with Crippen molar-refractivity contribution in [2.75, 3.05) is 7.05 Å². The van der Waals surface area contributed by atoms with E-state index in [9.17, 15) is 0 Å². The summed E-state index contributed by atoms with van der Waals surface area (Å²) in [4.78, 5) is 0. The SMILES string of the molecule is CC1=C[C](C)([Ti]([SiH2]c2ccccc2)[N](C)C2CCC2)C(C)=C1C. The number of rotatable bonds is 5. The van der Waals surface area contributed by atoms with Crippen molar-refractivity contribution in [3.63, 3.8) is 0 Å². The maximum atomic E-state index is 2.91. The minimum absolute atomic E-state index is 0.213. The van der Waals surface area contributed by atoms with Gasteiger partial charge in [-0.2, -0.15) is 0 Å². The fraction of sp³-hybridized carbons (Fsp3) is 0.500. The van der Waals surface area contributed by atoms with Gasteiger partial charge in [0.1, 0.15) is 0 Å². The average Bonchev–Trinajstić information content (AvgIpc) is 2.68. The quantitative estimate of drug-likeness (QED) is 0.720. The van der Waals surface area contributed by atoms with Gasteiger partial charge in [0.2, 0.25) is 0 Å². The standard InChI is InChI=1S/C9H13.C6H7Si.C5H10N.Ti/c1-6-5-7(2)9(4)8(6)3;7-6-4-2-1-3-5-6;1-6-5-3-2-4-5;/h5H,1-4H3;1-5H,7H2;5H,2-4H2,1H3;/q;;-1;+1. The molecule has 0 aliphatic heterocycles. The molecule has 3 rings (SSSR count). The number of nitrogens with zero attached hydrogens (tertiary/aromatic N) is 1. The van der Waals surface area contributed by atoms with Crippen LogP contribution in [-0.4, -0.2) is 23.9 Å². The van der Waals surface area contributed by atoms with Gasteiger partial charge in [-0.1, -0.05) is 0 Å². The second kappa shape index (κ2) is 6.84. The molecule has 0 heterocycles. The van der Waals surface area contributed by atoms with E-state index in [1.54, 1.807) is 16.3 Å². The van der Waals surface area contributed by atoms with Crippen molar-refractivity contribution in [2.24, 2.45) is 0 Å². The Kier molecular flexibility index (Phi) is 5.18. The van der Waals surface area contributed by atoms with Crippen molar-refractivity contribution in [2.45, 2.75) is 56.7 Å².